The molecule has 12 heteroatoms. The lowest BCUT2D eigenvalue weighted by atomic mass is 10.0. The molecular weight excluding hydrogens is 578 g/mol. The van der Waals surface area contributed by atoms with Crippen LogP contribution in [0.2, 0.25) is 25.7 Å². The monoisotopic (exact) mass is 619 g/mol. The van der Waals surface area contributed by atoms with Crippen LogP contribution in [0.25, 0.3) is 33.4 Å². The van der Waals surface area contributed by atoms with Crippen molar-refractivity contribution < 1.29 is 28.5 Å². The van der Waals surface area contributed by atoms with Crippen molar-refractivity contribution in [1.82, 2.24) is 19.7 Å². The molecule has 0 aliphatic carbocycles. The minimum atomic E-state index is -1.24. The van der Waals surface area contributed by atoms with Crippen LogP contribution in [-0.4, -0.2) is 87.9 Å². The van der Waals surface area contributed by atoms with Crippen LogP contribution in [0.15, 0.2) is 54.7 Å². The number of nitrogens with zero attached hydrogens (tertiary/aromatic N) is 4. The van der Waals surface area contributed by atoms with E-state index in [2.05, 4.69) is 25.0 Å². The summed E-state index contributed by atoms with van der Waals surface area (Å²) in [6.07, 6.45) is 1.08. The lowest BCUT2D eigenvalue weighted by Gasteiger charge is -2.16. The van der Waals surface area contributed by atoms with E-state index < -0.39 is 14.2 Å². The summed E-state index contributed by atoms with van der Waals surface area (Å²) in [5, 5.41) is 8.40. The highest BCUT2D eigenvalue weighted by atomic mass is 28.3. The smallest absolute Gasteiger partial charge is 0.411 e. The Bertz CT molecular complexity index is 1610. The molecule has 0 unspecified atom stereocenters. The Balaban J connectivity index is 1.75. The Kier molecular flexibility index (Phi) is 10.7. The van der Waals surface area contributed by atoms with Gasteiger partial charge in [-0.15, -0.1) is 0 Å². The van der Waals surface area contributed by atoms with E-state index in [-0.39, 0.29) is 25.9 Å². The molecule has 2 heterocycles. The second kappa shape index (κ2) is 14.5. The fourth-order valence-corrected chi connectivity index (χ4v) is 5.25. The van der Waals surface area contributed by atoms with E-state index in [4.69, 9.17) is 29.0 Å². The van der Waals surface area contributed by atoms with Gasteiger partial charge in [-0.3, -0.25) is 10.1 Å². The molecule has 0 saturated carbocycles. The van der Waals surface area contributed by atoms with E-state index in [9.17, 15) is 9.59 Å². The summed E-state index contributed by atoms with van der Waals surface area (Å²) in [6.45, 7) is 8.23. The zero-order valence-electron chi connectivity index (χ0n) is 26.5. The first-order valence-electron chi connectivity index (χ1n) is 14.4. The first-order valence-corrected chi connectivity index (χ1v) is 18.1. The summed E-state index contributed by atoms with van der Waals surface area (Å²) in [5.41, 5.74) is 4.37. The summed E-state index contributed by atoms with van der Waals surface area (Å²) in [7, 11) is 5.22. The van der Waals surface area contributed by atoms with Crippen molar-refractivity contribution in [1.29, 1.82) is 0 Å². The third-order valence-electron chi connectivity index (χ3n) is 6.91. The fourth-order valence-electron chi connectivity index (χ4n) is 4.49. The molecule has 0 radical (unpaired) electrons. The van der Waals surface area contributed by atoms with Gasteiger partial charge < -0.3 is 23.8 Å². The number of aromatic nitrogens is 3. The first kappa shape index (κ1) is 32.6. The Hall–Kier alpha value is -4.26. The normalized spacial score (nSPS) is 11.4. The minimum Gasteiger partial charge on any atom is -0.496 e. The van der Waals surface area contributed by atoms with E-state index in [0.717, 1.165) is 28.1 Å². The maximum absolute atomic E-state index is 13.2. The predicted molar refractivity (Wildman–Crippen MR) is 174 cm³/mol. The Labute approximate surface area is 259 Å². The summed E-state index contributed by atoms with van der Waals surface area (Å²) in [4.78, 5) is 31.8. The van der Waals surface area contributed by atoms with Crippen LogP contribution in [0, 0.1) is 0 Å². The lowest BCUT2D eigenvalue weighted by molar-refractivity contribution is 0.0814. The first-order chi connectivity index (χ1) is 21.0. The summed E-state index contributed by atoms with van der Waals surface area (Å²) < 4.78 is 23.5. The summed E-state index contributed by atoms with van der Waals surface area (Å²) in [6, 6.07) is 16.0. The van der Waals surface area contributed by atoms with Crippen molar-refractivity contribution in [3.05, 3.63) is 60.3 Å². The number of rotatable bonds is 13. The Morgan fingerprint density at radius 2 is 1.75 bits per heavy atom. The minimum absolute atomic E-state index is 0.0919. The molecule has 0 aliphatic rings. The molecule has 2 amide bonds. The number of carbonyl (C=O) groups is 2. The molecule has 4 rings (SSSR count). The zero-order chi connectivity index (χ0) is 31.9. The van der Waals surface area contributed by atoms with Crippen molar-refractivity contribution in [2.45, 2.75) is 32.4 Å². The predicted octanol–water partition coefficient (Wildman–Crippen LogP) is 5.98. The molecule has 0 bridgehead atoms. The molecule has 0 aliphatic heterocycles. The molecule has 234 valence electrons. The summed E-state index contributed by atoms with van der Waals surface area (Å²) >= 11 is 0. The van der Waals surface area contributed by atoms with Crippen molar-refractivity contribution in [3.63, 3.8) is 0 Å². The second-order valence-electron chi connectivity index (χ2n) is 11.7. The van der Waals surface area contributed by atoms with Crippen LogP contribution in [0.3, 0.4) is 0 Å². The number of benzene rings is 2. The van der Waals surface area contributed by atoms with Gasteiger partial charge in [-0.25, -0.2) is 14.5 Å². The molecule has 0 atom stereocenters. The van der Waals surface area contributed by atoms with Crippen molar-refractivity contribution in [2.75, 3.05) is 53.5 Å². The molecule has 0 fully saturated rings. The van der Waals surface area contributed by atoms with Gasteiger partial charge in [0.05, 0.1) is 25.0 Å². The number of nitrogens with one attached hydrogen (secondary N) is 1. The van der Waals surface area contributed by atoms with Crippen LogP contribution < -0.4 is 10.1 Å². The van der Waals surface area contributed by atoms with Crippen LogP contribution in [0.4, 0.5) is 10.5 Å². The summed E-state index contributed by atoms with van der Waals surface area (Å²) in [5.74, 6) is 0.418. The second-order valence-corrected chi connectivity index (χ2v) is 17.3. The quantitative estimate of drug-likeness (QED) is 0.143. The lowest BCUT2D eigenvalue weighted by Crippen LogP contribution is -2.24. The highest BCUT2D eigenvalue weighted by molar-refractivity contribution is 6.76. The Morgan fingerprint density at radius 1 is 0.977 bits per heavy atom. The van der Waals surface area contributed by atoms with E-state index in [0.29, 0.717) is 34.9 Å². The molecule has 2 aromatic carbocycles. The number of hydrogen-bond donors (Lipinski definition) is 1. The van der Waals surface area contributed by atoms with Gasteiger partial charge in [0.15, 0.2) is 5.65 Å². The number of para-hydroxylation sites is 1. The van der Waals surface area contributed by atoms with Gasteiger partial charge in [0.2, 0.25) is 0 Å². The van der Waals surface area contributed by atoms with Crippen LogP contribution in [0.1, 0.15) is 10.4 Å². The molecule has 4 aromatic rings. The largest absolute Gasteiger partial charge is 0.496 e. The van der Waals surface area contributed by atoms with Crippen LogP contribution in [0.5, 0.6) is 5.75 Å². The van der Waals surface area contributed by atoms with Gasteiger partial charge in [-0.2, -0.15) is 5.10 Å². The number of methoxy groups -OCH3 is 2. The average molecular weight is 620 g/mol. The van der Waals surface area contributed by atoms with E-state index in [1.165, 1.54) is 12.0 Å². The molecule has 0 saturated heterocycles. The van der Waals surface area contributed by atoms with Gasteiger partial charge >= 0.3 is 6.09 Å². The maximum Gasteiger partial charge on any atom is 0.411 e. The fraction of sp³-hybridized carbons (Fsp3) is 0.375. The van der Waals surface area contributed by atoms with Gasteiger partial charge in [0, 0.05) is 58.6 Å². The van der Waals surface area contributed by atoms with Crippen molar-refractivity contribution in [2.24, 2.45) is 0 Å². The highest BCUT2D eigenvalue weighted by Crippen LogP contribution is 2.36. The number of hydrogen-bond acceptors (Lipinski definition) is 8. The number of amides is 2. The Morgan fingerprint density at radius 3 is 2.45 bits per heavy atom. The number of anilines is 1. The number of fused-ring (bicyclic) bond motifs is 1. The van der Waals surface area contributed by atoms with Gasteiger partial charge in [0.1, 0.15) is 24.8 Å². The average Bonchev–Trinajstić information content (AvgIpc) is 3.36. The highest BCUT2D eigenvalue weighted by Gasteiger charge is 2.21. The van der Waals surface area contributed by atoms with Gasteiger partial charge in [-0.05, 0) is 41.9 Å². The van der Waals surface area contributed by atoms with Crippen molar-refractivity contribution in [3.8, 4) is 28.1 Å². The molecule has 44 heavy (non-hydrogen) atoms. The number of ether oxygens (including phenoxy) is 4. The third kappa shape index (κ3) is 8.01. The molecule has 11 nitrogen and oxygen atoms in total. The number of carbonyl (C=O) groups excluding carboxylic acids is 2. The SMILES string of the molecule is COCCOC(=O)Nc1ccc(-c2cnc3c(c2)c(-c2ccccc2OC)nn3COCC[Si](C)(C)C)cc1C(=O)N(C)C. The van der Waals surface area contributed by atoms with E-state index >= 15 is 0 Å². The third-order valence-corrected chi connectivity index (χ3v) is 8.61. The molecule has 1 N–H and O–H groups in total. The van der Waals surface area contributed by atoms with E-state index in [1.54, 1.807) is 44.2 Å². The van der Waals surface area contributed by atoms with Crippen LogP contribution >= 0.6 is 0 Å². The van der Waals surface area contributed by atoms with E-state index in [1.807, 2.05) is 36.4 Å². The standard InChI is InChI=1S/C32H41N5O6Si/c1-36(2)31(38)25-18-22(12-13-27(25)34-32(39)43-15-14-40-3)23-19-26-29(24-10-8-9-11-28(24)41-4)35-37(30(26)33-20-23)21-42-16-17-44(5,6)7/h8-13,18-20H,14-17,21H2,1-7H3,(H,34,39). The van der Waals surface area contributed by atoms with Crippen molar-refractivity contribution >= 4 is 36.8 Å². The topological polar surface area (TPSA) is 117 Å². The zero-order valence-corrected chi connectivity index (χ0v) is 27.5. The molecule has 2 aromatic heterocycles. The molecule has 0 spiro atoms. The van der Waals surface area contributed by atoms with Crippen LogP contribution in [-0.2, 0) is 20.9 Å². The number of pyridine rings is 1. The van der Waals surface area contributed by atoms with Gasteiger partial charge in [0.25, 0.3) is 5.91 Å². The molecular formula is C32H41N5O6Si. The maximum atomic E-state index is 13.2. The van der Waals surface area contributed by atoms with Gasteiger partial charge in [-0.1, -0.05) is 37.8 Å².